The highest BCUT2D eigenvalue weighted by Gasteiger charge is 2.12. The SMILES string of the molecule is CCCCCc1ccc(OCC(C/C=C/CCCC(=O)OC)SC(C)=O)cc1. The van der Waals surface area contributed by atoms with Gasteiger partial charge in [-0.1, -0.05) is 55.8 Å². The minimum absolute atomic E-state index is 0.0820. The van der Waals surface area contributed by atoms with Crippen LogP contribution in [0.5, 0.6) is 5.75 Å². The second-order valence-electron chi connectivity index (χ2n) is 6.82. The van der Waals surface area contributed by atoms with Crippen LogP contribution in [0.25, 0.3) is 0 Å². The minimum Gasteiger partial charge on any atom is -0.492 e. The summed E-state index contributed by atoms with van der Waals surface area (Å²) in [6, 6.07) is 8.28. The Hall–Kier alpha value is -1.75. The number of aryl methyl sites for hydroxylation is 1. The molecule has 0 aliphatic heterocycles. The van der Waals surface area contributed by atoms with E-state index in [1.54, 1.807) is 6.92 Å². The van der Waals surface area contributed by atoms with Crippen LogP contribution in [0.3, 0.4) is 0 Å². The Morgan fingerprint density at radius 1 is 1.11 bits per heavy atom. The highest BCUT2D eigenvalue weighted by atomic mass is 32.2. The molecule has 4 nitrogen and oxygen atoms in total. The first-order valence-corrected chi connectivity index (χ1v) is 11.0. The van der Waals surface area contributed by atoms with Crippen molar-refractivity contribution in [2.75, 3.05) is 13.7 Å². The number of thioether (sulfide) groups is 1. The zero-order chi connectivity index (χ0) is 20.6. The topological polar surface area (TPSA) is 52.6 Å². The van der Waals surface area contributed by atoms with Crippen LogP contribution >= 0.6 is 11.8 Å². The standard InChI is InChI=1S/C23H34O4S/c1-4-5-8-11-20-14-16-21(17-15-20)27-18-22(28-19(2)24)12-9-6-7-10-13-23(25)26-3/h6,9,14-17,22H,4-5,7-8,10-13,18H2,1-3H3/b9-6+. The molecule has 1 atom stereocenters. The molecular weight excluding hydrogens is 372 g/mol. The van der Waals surface area contributed by atoms with Gasteiger partial charge in [-0.3, -0.25) is 9.59 Å². The third kappa shape index (κ3) is 11.9. The zero-order valence-corrected chi connectivity index (χ0v) is 18.3. The summed E-state index contributed by atoms with van der Waals surface area (Å²) < 4.78 is 10.5. The highest BCUT2D eigenvalue weighted by Crippen LogP contribution is 2.20. The molecule has 0 aromatic heterocycles. The van der Waals surface area contributed by atoms with E-state index in [0.717, 1.165) is 31.4 Å². The number of unbranched alkanes of at least 4 members (excludes halogenated alkanes) is 3. The van der Waals surface area contributed by atoms with Crippen LogP contribution < -0.4 is 4.74 Å². The van der Waals surface area contributed by atoms with Gasteiger partial charge in [0.05, 0.1) is 7.11 Å². The molecule has 1 rings (SSSR count). The number of esters is 1. The van der Waals surface area contributed by atoms with Crippen LogP contribution in [0.1, 0.15) is 64.4 Å². The van der Waals surface area contributed by atoms with E-state index >= 15 is 0 Å². The minimum atomic E-state index is -0.178. The van der Waals surface area contributed by atoms with Crippen molar-refractivity contribution < 1.29 is 19.1 Å². The maximum Gasteiger partial charge on any atom is 0.305 e. The predicted octanol–water partition coefficient (Wildman–Crippen LogP) is 5.74. The lowest BCUT2D eigenvalue weighted by molar-refractivity contribution is -0.140. The molecule has 1 unspecified atom stereocenters. The molecule has 5 heteroatoms. The molecule has 0 aliphatic carbocycles. The largest absolute Gasteiger partial charge is 0.492 e. The molecular formula is C23H34O4S. The van der Waals surface area contributed by atoms with Crippen molar-refractivity contribution in [1.82, 2.24) is 0 Å². The summed E-state index contributed by atoms with van der Waals surface area (Å²) in [5, 5.41) is 0.178. The number of benzene rings is 1. The van der Waals surface area contributed by atoms with E-state index in [2.05, 4.69) is 35.9 Å². The molecule has 0 N–H and O–H groups in total. The highest BCUT2D eigenvalue weighted by molar-refractivity contribution is 8.14. The fourth-order valence-corrected chi connectivity index (χ4v) is 3.55. The number of ether oxygens (including phenoxy) is 2. The fraction of sp³-hybridized carbons (Fsp3) is 0.565. The first-order chi connectivity index (χ1) is 13.5. The van der Waals surface area contributed by atoms with Gasteiger partial charge in [0.2, 0.25) is 0 Å². The van der Waals surface area contributed by atoms with Crippen molar-refractivity contribution in [3.05, 3.63) is 42.0 Å². The third-order valence-electron chi connectivity index (χ3n) is 4.31. The number of hydrogen-bond donors (Lipinski definition) is 0. The molecule has 0 radical (unpaired) electrons. The Labute approximate surface area is 174 Å². The Kier molecular flexibility index (Phi) is 13.2. The average molecular weight is 407 g/mol. The number of rotatable bonds is 14. The van der Waals surface area contributed by atoms with Crippen LogP contribution in [0, 0.1) is 0 Å². The Morgan fingerprint density at radius 3 is 2.50 bits per heavy atom. The van der Waals surface area contributed by atoms with E-state index in [1.807, 2.05) is 12.1 Å². The van der Waals surface area contributed by atoms with E-state index in [9.17, 15) is 9.59 Å². The van der Waals surface area contributed by atoms with Gasteiger partial charge in [-0.05, 0) is 49.8 Å². The summed E-state index contributed by atoms with van der Waals surface area (Å²) in [7, 11) is 1.40. The van der Waals surface area contributed by atoms with Gasteiger partial charge in [-0.2, -0.15) is 0 Å². The fourth-order valence-electron chi connectivity index (χ4n) is 2.74. The molecule has 0 spiro atoms. The molecule has 0 bridgehead atoms. The van der Waals surface area contributed by atoms with E-state index in [-0.39, 0.29) is 16.3 Å². The lowest BCUT2D eigenvalue weighted by atomic mass is 10.1. The van der Waals surface area contributed by atoms with Gasteiger partial charge in [0.1, 0.15) is 12.4 Å². The summed E-state index contributed by atoms with van der Waals surface area (Å²) in [5.74, 6) is 0.665. The van der Waals surface area contributed by atoms with Gasteiger partial charge in [0.25, 0.3) is 0 Å². The normalized spacial score (nSPS) is 12.1. The number of allylic oxidation sites excluding steroid dienone is 2. The summed E-state index contributed by atoms with van der Waals surface area (Å²) in [6.07, 6.45) is 11.7. The van der Waals surface area contributed by atoms with Crippen LogP contribution in [-0.4, -0.2) is 30.1 Å². The van der Waals surface area contributed by atoms with Gasteiger partial charge < -0.3 is 9.47 Å². The number of carbonyl (C=O) groups excluding carboxylic acids is 2. The molecule has 0 heterocycles. The molecule has 0 amide bonds. The smallest absolute Gasteiger partial charge is 0.305 e. The average Bonchev–Trinajstić information content (AvgIpc) is 2.69. The third-order valence-corrected chi connectivity index (χ3v) is 5.30. The molecule has 156 valence electrons. The first-order valence-electron chi connectivity index (χ1n) is 10.2. The molecule has 1 aromatic carbocycles. The zero-order valence-electron chi connectivity index (χ0n) is 17.4. The molecule has 0 aliphatic rings. The van der Waals surface area contributed by atoms with Crippen LogP contribution in [0.2, 0.25) is 0 Å². The quantitative estimate of drug-likeness (QED) is 0.224. The van der Waals surface area contributed by atoms with Crippen LogP contribution in [0.15, 0.2) is 36.4 Å². The molecule has 0 fully saturated rings. The van der Waals surface area contributed by atoms with Gasteiger partial charge in [-0.25, -0.2) is 0 Å². The second-order valence-corrected chi connectivity index (χ2v) is 8.30. The van der Waals surface area contributed by atoms with Gasteiger partial charge in [-0.15, -0.1) is 0 Å². The van der Waals surface area contributed by atoms with Crippen molar-refractivity contribution >= 4 is 22.8 Å². The van der Waals surface area contributed by atoms with Crippen LogP contribution in [0.4, 0.5) is 0 Å². The molecule has 28 heavy (non-hydrogen) atoms. The van der Waals surface area contributed by atoms with E-state index in [4.69, 9.17) is 4.74 Å². The van der Waals surface area contributed by atoms with Gasteiger partial charge in [0, 0.05) is 18.6 Å². The van der Waals surface area contributed by atoms with E-state index in [0.29, 0.717) is 13.0 Å². The Balaban J connectivity index is 2.39. The molecule has 0 saturated carbocycles. The Bertz CT molecular complexity index is 595. The van der Waals surface area contributed by atoms with E-state index in [1.165, 1.54) is 43.7 Å². The number of carbonyl (C=O) groups is 2. The summed E-state index contributed by atoms with van der Waals surface area (Å²) in [4.78, 5) is 22.6. The van der Waals surface area contributed by atoms with Crippen molar-refractivity contribution in [3.63, 3.8) is 0 Å². The molecule has 0 saturated heterocycles. The lowest BCUT2D eigenvalue weighted by Gasteiger charge is -2.14. The number of methoxy groups -OCH3 is 1. The van der Waals surface area contributed by atoms with Crippen molar-refractivity contribution in [3.8, 4) is 5.75 Å². The van der Waals surface area contributed by atoms with Gasteiger partial charge in [0.15, 0.2) is 5.12 Å². The maximum atomic E-state index is 11.5. The maximum absolute atomic E-state index is 11.5. The van der Waals surface area contributed by atoms with Crippen LogP contribution in [-0.2, 0) is 20.7 Å². The monoisotopic (exact) mass is 406 g/mol. The van der Waals surface area contributed by atoms with Crippen molar-refractivity contribution in [1.29, 1.82) is 0 Å². The first kappa shape index (κ1) is 24.3. The van der Waals surface area contributed by atoms with Gasteiger partial charge >= 0.3 is 5.97 Å². The van der Waals surface area contributed by atoms with Crippen molar-refractivity contribution in [2.24, 2.45) is 0 Å². The summed E-state index contributed by atoms with van der Waals surface area (Å²) in [5.41, 5.74) is 1.34. The Morgan fingerprint density at radius 2 is 1.86 bits per heavy atom. The number of hydrogen-bond acceptors (Lipinski definition) is 5. The second kappa shape index (κ2) is 15.2. The summed E-state index contributed by atoms with van der Waals surface area (Å²) >= 11 is 1.32. The lowest BCUT2D eigenvalue weighted by Crippen LogP contribution is -2.15. The predicted molar refractivity (Wildman–Crippen MR) is 117 cm³/mol. The van der Waals surface area contributed by atoms with E-state index < -0.39 is 0 Å². The molecule has 1 aromatic rings. The van der Waals surface area contributed by atoms with Crippen molar-refractivity contribution in [2.45, 2.75) is 70.5 Å². The summed E-state index contributed by atoms with van der Waals surface area (Å²) in [6.45, 7) is 4.29.